The standard InChI is InChI=1S/C18H28O8/c1-9(2)7-11(16(21)22)8-13(18(25)26)15(10(3)4)12(17(23)24)5-6-14(19)20/h7,10-13,15H,5-6,8H2,1-4H3,(H,19,20)(H,21,22)(H,23,24)(H,25,26). The molecule has 4 unspecified atom stereocenters. The number of hydrogen-bond donors (Lipinski definition) is 4. The molecule has 0 aliphatic heterocycles. The minimum atomic E-state index is -1.28. The molecule has 0 aromatic heterocycles. The van der Waals surface area contributed by atoms with Gasteiger partial charge in [0.2, 0.25) is 0 Å². The molecule has 0 saturated carbocycles. The third kappa shape index (κ3) is 7.67. The van der Waals surface area contributed by atoms with Crippen molar-refractivity contribution in [1.29, 1.82) is 0 Å². The van der Waals surface area contributed by atoms with Crippen molar-refractivity contribution in [2.24, 2.45) is 29.6 Å². The summed E-state index contributed by atoms with van der Waals surface area (Å²) < 4.78 is 0. The molecule has 0 rings (SSSR count). The van der Waals surface area contributed by atoms with Gasteiger partial charge in [-0.2, -0.15) is 0 Å². The number of aliphatic carboxylic acids is 4. The number of allylic oxidation sites excluding steroid dienone is 1. The lowest BCUT2D eigenvalue weighted by Gasteiger charge is -2.33. The average Bonchev–Trinajstić information content (AvgIpc) is 2.46. The highest BCUT2D eigenvalue weighted by molar-refractivity contribution is 5.77. The van der Waals surface area contributed by atoms with Crippen molar-refractivity contribution in [2.45, 2.75) is 47.0 Å². The number of rotatable bonds is 12. The molecule has 0 bridgehead atoms. The summed E-state index contributed by atoms with van der Waals surface area (Å²) in [6.45, 7) is 6.71. The van der Waals surface area contributed by atoms with Crippen LogP contribution in [0.4, 0.5) is 0 Å². The van der Waals surface area contributed by atoms with Crippen molar-refractivity contribution in [3.8, 4) is 0 Å². The highest BCUT2D eigenvalue weighted by atomic mass is 16.4. The molecule has 0 aromatic rings. The van der Waals surface area contributed by atoms with E-state index in [-0.39, 0.29) is 18.8 Å². The van der Waals surface area contributed by atoms with E-state index in [1.165, 1.54) is 6.08 Å². The van der Waals surface area contributed by atoms with E-state index < -0.39 is 54.0 Å². The van der Waals surface area contributed by atoms with Gasteiger partial charge in [-0.05, 0) is 38.5 Å². The molecular weight excluding hydrogens is 344 g/mol. The topological polar surface area (TPSA) is 149 Å². The maximum atomic E-state index is 11.8. The van der Waals surface area contributed by atoms with Gasteiger partial charge in [0.25, 0.3) is 0 Å². The van der Waals surface area contributed by atoms with E-state index in [9.17, 15) is 34.5 Å². The Morgan fingerprint density at radius 2 is 1.35 bits per heavy atom. The minimum Gasteiger partial charge on any atom is -0.481 e. The second kappa shape index (κ2) is 10.6. The fourth-order valence-corrected chi connectivity index (χ4v) is 3.31. The highest BCUT2D eigenvalue weighted by Gasteiger charge is 2.41. The van der Waals surface area contributed by atoms with Crippen molar-refractivity contribution in [3.63, 3.8) is 0 Å². The Balaban J connectivity index is 5.85. The summed E-state index contributed by atoms with van der Waals surface area (Å²) in [5, 5.41) is 37.4. The van der Waals surface area contributed by atoms with E-state index in [2.05, 4.69) is 0 Å². The summed E-state index contributed by atoms with van der Waals surface area (Å²) in [5.74, 6) is -9.64. The smallest absolute Gasteiger partial charge is 0.310 e. The Labute approximate surface area is 152 Å². The molecule has 0 spiro atoms. The number of carbonyl (C=O) groups is 4. The summed E-state index contributed by atoms with van der Waals surface area (Å²) in [6, 6.07) is 0. The molecule has 0 fully saturated rings. The van der Waals surface area contributed by atoms with E-state index in [0.29, 0.717) is 5.57 Å². The molecule has 0 radical (unpaired) electrons. The Hall–Kier alpha value is -2.38. The van der Waals surface area contributed by atoms with Crippen LogP contribution in [-0.2, 0) is 19.2 Å². The van der Waals surface area contributed by atoms with Crippen molar-refractivity contribution >= 4 is 23.9 Å². The predicted octanol–water partition coefficient (Wildman–Crippen LogP) is 2.58. The van der Waals surface area contributed by atoms with Gasteiger partial charge in [0, 0.05) is 6.42 Å². The Kier molecular flexibility index (Phi) is 9.61. The summed E-state index contributed by atoms with van der Waals surface area (Å²) in [4.78, 5) is 45.8. The lowest BCUT2D eigenvalue weighted by atomic mass is 9.70. The van der Waals surface area contributed by atoms with Gasteiger partial charge >= 0.3 is 23.9 Å². The van der Waals surface area contributed by atoms with E-state index in [0.717, 1.165) is 0 Å². The Morgan fingerprint density at radius 3 is 1.65 bits per heavy atom. The summed E-state index contributed by atoms with van der Waals surface area (Å²) >= 11 is 0. The molecule has 0 aromatic carbocycles. The maximum Gasteiger partial charge on any atom is 0.310 e. The van der Waals surface area contributed by atoms with Gasteiger partial charge in [0.15, 0.2) is 0 Å². The van der Waals surface area contributed by atoms with Gasteiger partial charge < -0.3 is 20.4 Å². The molecule has 0 amide bonds. The third-order valence-electron chi connectivity index (χ3n) is 4.36. The van der Waals surface area contributed by atoms with Crippen molar-refractivity contribution in [3.05, 3.63) is 11.6 Å². The first kappa shape index (κ1) is 23.6. The summed E-state index contributed by atoms with van der Waals surface area (Å²) in [6.07, 6.45) is 0.582. The SMILES string of the molecule is CC(C)=CC(CC(C(=O)O)C(C(C)C)C(CCC(=O)O)C(=O)O)C(=O)O. The third-order valence-corrected chi connectivity index (χ3v) is 4.36. The zero-order valence-electron chi connectivity index (χ0n) is 15.5. The van der Waals surface area contributed by atoms with Crippen LogP contribution in [0.3, 0.4) is 0 Å². The van der Waals surface area contributed by atoms with Crippen LogP contribution in [0.5, 0.6) is 0 Å². The lowest BCUT2D eigenvalue weighted by molar-refractivity contribution is -0.152. The van der Waals surface area contributed by atoms with Crippen LogP contribution in [0.25, 0.3) is 0 Å². The van der Waals surface area contributed by atoms with Gasteiger partial charge in [-0.1, -0.05) is 25.5 Å². The second-order valence-electron chi connectivity index (χ2n) is 7.07. The van der Waals surface area contributed by atoms with Crippen LogP contribution in [0, 0.1) is 29.6 Å². The van der Waals surface area contributed by atoms with Gasteiger partial charge in [0.1, 0.15) is 0 Å². The van der Waals surface area contributed by atoms with Crippen LogP contribution >= 0.6 is 0 Å². The van der Waals surface area contributed by atoms with E-state index in [4.69, 9.17) is 5.11 Å². The van der Waals surface area contributed by atoms with Crippen molar-refractivity contribution < 1.29 is 39.6 Å². The molecule has 4 N–H and O–H groups in total. The highest BCUT2D eigenvalue weighted by Crippen LogP contribution is 2.36. The zero-order chi connectivity index (χ0) is 20.6. The molecular formula is C18H28O8. The molecule has 8 heteroatoms. The summed E-state index contributed by atoms with van der Waals surface area (Å²) in [7, 11) is 0. The van der Waals surface area contributed by atoms with Crippen LogP contribution < -0.4 is 0 Å². The fraction of sp³-hybridized carbons (Fsp3) is 0.667. The van der Waals surface area contributed by atoms with E-state index in [1.54, 1.807) is 27.7 Å². The van der Waals surface area contributed by atoms with Crippen LogP contribution in [0.1, 0.15) is 47.0 Å². The number of hydrogen-bond acceptors (Lipinski definition) is 4. The largest absolute Gasteiger partial charge is 0.481 e. The predicted molar refractivity (Wildman–Crippen MR) is 92.6 cm³/mol. The molecule has 4 atom stereocenters. The number of carboxylic acids is 4. The minimum absolute atomic E-state index is 0.211. The molecule has 0 aliphatic rings. The van der Waals surface area contributed by atoms with Gasteiger partial charge in [-0.25, -0.2) is 0 Å². The van der Waals surface area contributed by atoms with E-state index in [1.807, 2.05) is 0 Å². The quantitative estimate of drug-likeness (QED) is 0.382. The fourth-order valence-electron chi connectivity index (χ4n) is 3.31. The first-order chi connectivity index (χ1) is 11.9. The average molecular weight is 372 g/mol. The van der Waals surface area contributed by atoms with Gasteiger partial charge in [-0.3, -0.25) is 19.2 Å². The molecule has 148 valence electrons. The zero-order valence-corrected chi connectivity index (χ0v) is 15.5. The van der Waals surface area contributed by atoms with Gasteiger partial charge in [0.05, 0.1) is 17.8 Å². The summed E-state index contributed by atoms with van der Waals surface area (Å²) in [5.41, 5.74) is 0.711. The lowest BCUT2D eigenvalue weighted by Crippen LogP contribution is -2.39. The normalized spacial score (nSPS) is 15.6. The van der Waals surface area contributed by atoms with Crippen molar-refractivity contribution in [1.82, 2.24) is 0 Å². The van der Waals surface area contributed by atoms with Crippen molar-refractivity contribution in [2.75, 3.05) is 0 Å². The Bertz CT molecular complexity index is 560. The maximum absolute atomic E-state index is 11.8. The monoisotopic (exact) mass is 372 g/mol. The first-order valence-corrected chi connectivity index (χ1v) is 8.43. The van der Waals surface area contributed by atoms with Crippen LogP contribution in [-0.4, -0.2) is 44.3 Å². The van der Waals surface area contributed by atoms with Crippen LogP contribution in [0.15, 0.2) is 11.6 Å². The first-order valence-electron chi connectivity index (χ1n) is 8.43. The van der Waals surface area contributed by atoms with Crippen LogP contribution in [0.2, 0.25) is 0 Å². The Morgan fingerprint density at radius 1 is 0.846 bits per heavy atom. The van der Waals surface area contributed by atoms with E-state index >= 15 is 0 Å². The van der Waals surface area contributed by atoms with Gasteiger partial charge in [-0.15, -0.1) is 0 Å². The molecule has 26 heavy (non-hydrogen) atoms. The molecule has 0 heterocycles. The second-order valence-corrected chi connectivity index (χ2v) is 7.07. The molecule has 8 nitrogen and oxygen atoms in total. The molecule has 0 aliphatic carbocycles. The number of carboxylic acid groups (broad SMARTS) is 4. The molecule has 0 saturated heterocycles.